The average Bonchev–Trinajstić information content (AvgIpc) is 2.94. The van der Waals surface area contributed by atoms with Gasteiger partial charge in [-0.2, -0.15) is 0 Å². The van der Waals surface area contributed by atoms with E-state index >= 15 is 0 Å². The lowest BCUT2D eigenvalue weighted by molar-refractivity contribution is 0.262. The van der Waals surface area contributed by atoms with E-state index in [4.69, 9.17) is 4.42 Å². The number of hydrogen-bond donors (Lipinski definition) is 2. The van der Waals surface area contributed by atoms with Crippen molar-refractivity contribution < 1.29 is 9.21 Å². The van der Waals surface area contributed by atoms with Crippen molar-refractivity contribution in [3.63, 3.8) is 0 Å². The molecule has 0 spiro atoms. The predicted molar refractivity (Wildman–Crippen MR) is 95.3 cm³/mol. The molecule has 0 saturated heterocycles. The van der Waals surface area contributed by atoms with Crippen LogP contribution in [0, 0.1) is 6.92 Å². The topological polar surface area (TPSA) is 67.2 Å². The van der Waals surface area contributed by atoms with Gasteiger partial charge in [0.05, 0.1) is 5.69 Å². The standard InChI is InChI=1S/C19H15N3O2/c1-12-20-17-11-14(9-10-18(17)24-12)21-19(23)22-16-8-4-6-13-5-2-3-7-15(13)16/h2-11H,1H3,(H2,21,22,23). The highest BCUT2D eigenvalue weighted by molar-refractivity contribution is 6.06. The van der Waals surface area contributed by atoms with E-state index in [1.165, 1.54) is 0 Å². The number of amides is 2. The summed E-state index contributed by atoms with van der Waals surface area (Å²) in [5.41, 5.74) is 2.85. The molecule has 24 heavy (non-hydrogen) atoms. The summed E-state index contributed by atoms with van der Waals surface area (Å²) in [6.45, 7) is 1.79. The van der Waals surface area contributed by atoms with Gasteiger partial charge in [-0.05, 0) is 29.7 Å². The fourth-order valence-electron chi connectivity index (χ4n) is 2.74. The van der Waals surface area contributed by atoms with Crippen LogP contribution in [0.2, 0.25) is 0 Å². The van der Waals surface area contributed by atoms with Crippen LogP contribution in [0.4, 0.5) is 16.2 Å². The number of rotatable bonds is 2. The molecule has 0 saturated carbocycles. The Bertz CT molecular complexity index is 1050. The number of carbonyl (C=O) groups excluding carboxylic acids is 1. The van der Waals surface area contributed by atoms with Gasteiger partial charge in [-0.15, -0.1) is 0 Å². The van der Waals surface area contributed by atoms with Gasteiger partial charge in [0.2, 0.25) is 0 Å². The molecule has 0 bridgehead atoms. The number of aromatic nitrogens is 1. The van der Waals surface area contributed by atoms with E-state index in [2.05, 4.69) is 15.6 Å². The Morgan fingerprint density at radius 2 is 1.83 bits per heavy atom. The zero-order valence-electron chi connectivity index (χ0n) is 13.0. The molecule has 0 radical (unpaired) electrons. The third-order valence-corrected chi connectivity index (χ3v) is 3.79. The van der Waals surface area contributed by atoms with Gasteiger partial charge >= 0.3 is 6.03 Å². The van der Waals surface area contributed by atoms with Crippen LogP contribution in [0.3, 0.4) is 0 Å². The molecule has 0 aliphatic carbocycles. The number of urea groups is 1. The number of nitrogens with zero attached hydrogens (tertiary/aromatic N) is 1. The number of anilines is 2. The predicted octanol–water partition coefficient (Wildman–Crippen LogP) is 4.93. The lowest BCUT2D eigenvalue weighted by atomic mass is 10.1. The van der Waals surface area contributed by atoms with Gasteiger partial charge in [0.15, 0.2) is 11.5 Å². The van der Waals surface area contributed by atoms with E-state index in [1.54, 1.807) is 25.1 Å². The van der Waals surface area contributed by atoms with E-state index in [0.717, 1.165) is 22.0 Å². The Morgan fingerprint density at radius 3 is 2.75 bits per heavy atom. The second kappa shape index (κ2) is 5.70. The zero-order chi connectivity index (χ0) is 16.5. The molecular weight excluding hydrogens is 302 g/mol. The fraction of sp³-hybridized carbons (Fsp3) is 0.0526. The highest BCUT2D eigenvalue weighted by Gasteiger charge is 2.08. The number of carbonyl (C=O) groups is 1. The van der Waals surface area contributed by atoms with Crippen molar-refractivity contribution in [2.24, 2.45) is 0 Å². The van der Waals surface area contributed by atoms with E-state index < -0.39 is 0 Å². The number of benzene rings is 3. The number of aryl methyl sites for hydroxylation is 1. The minimum Gasteiger partial charge on any atom is -0.441 e. The second-order valence-corrected chi connectivity index (χ2v) is 5.52. The summed E-state index contributed by atoms with van der Waals surface area (Å²) in [5.74, 6) is 0.599. The minimum atomic E-state index is -0.300. The lowest BCUT2D eigenvalue weighted by Crippen LogP contribution is -2.19. The maximum absolute atomic E-state index is 12.3. The fourth-order valence-corrected chi connectivity index (χ4v) is 2.74. The molecular formula is C19H15N3O2. The van der Waals surface area contributed by atoms with Crippen LogP contribution in [-0.4, -0.2) is 11.0 Å². The zero-order valence-corrected chi connectivity index (χ0v) is 13.0. The van der Waals surface area contributed by atoms with Crippen molar-refractivity contribution in [3.8, 4) is 0 Å². The van der Waals surface area contributed by atoms with Gasteiger partial charge in [-0.1, -0.05) is 36.4 Å². The third kappa shape index (κ3) is 2.67. The molecule has 2 amide bonds. The Labute approximate surface area is 138 Å². The molecule has 5 nitrogen and oxygen atoms in total. The van der Waals surface area contributed by atoms with E-state index in [0.29, 0.717) is 17.2 Å². The van der Waals surface area contributed by atoms with Gasteiger partial charge in [-0.25, -0.2) is 9.78 Å². The van der Waals surface area contributed by atoms with E-state index in [1.807, 2.05) is 42.5 Å². The number of nitrogens with one attached hydrogen (secondary N) is 2. The molecule has 118 valence electrons. The van der Waals surface area contributed by atoms with Crippen molar-refractivity contribution in [2.75, 3.05) is 10.6 Å². The summed E-state index contributed by atoms with van der Waals surface area (Å²) < 4.78 is 5.43. The first-order valence-corrected chi connectivity index (χ1v) is 7.62. The molecule has 1 heterocycles. The number of oxazole rings is 1. The van der Waals surface area contributed by atoms with Crippen LogP contribution in [0.25, 0.3) is 21.9 Å². The van der Waals surface area contributed by atoms with Crippen LogP contribution >= 0.6 is 0 Å². The van der Waals surface area contributed by atoms with Gasteiger partial charge in [-0.3, -0.25) is 0 Å². The quantitative estimate of drug-likeness (QED) is 0.550. The SMILES string of the molecule is Cc1nc2cc(NC(=O)Nc3cccc4ccccc34)ccc2o1. The maximum Gasteiger partial charge on any atom is 0.323 e. The molecule has 2 N–H and O–H groups in total. The molecule has 0 unspecified atom stereocenters. The summed E-state index contributed by atoms with van der Waals surface area (Å²) in [7, 11) is 0. The minimum absolute atomic E-state index is 0.300. The van der Waals surface area contributed by atoms with Crippen LogP contribution in [-0.2, 0) is 0 Å². The Morgan fingerprint density at radius 1 is 1.00 bits per heavy atom. The van der Waals surface area contributed by atoms with E-state index in [-0.39, 0.29) is 6.03 Å². The van der Waals surface area contributed by atoms with Crippen molar-refractivity contribution in [2.45, 2.75) is 6.92 Å². The summed E-state index contributed by atoms with van der Waals surface area (Å²) in [4.78, 5) is 16.6. The molecule has 5 heteroatoms. The smallest absolute Gasteiger partial charge is 0.323 e. The number of fused-ring (bicyclic) bond motifs is 2. The molecule has 0 fully saturated rings. The monoisotopic (exact) mass is 317 g/mol. The Balaban J connectivity index is 1.56. The highest BCUT2D eigenvalue weighted by Crippen LogP contribution is 2.24. The van der Waals surface area contributed by atoms with Gasteiger partial charge < -0.3 is 15.1 Å². The number of hydrogen-bond acceptors (Lipinski definition) is 3. The van der Waals surface area contributed by atoms with Crippen molar-refractivity contribution >= 4 is 39.3 Å². The van der Waals surface area contributed by atoms with Crippen molar-refractivity contribution in [1.29, 1.82) is 0 Å². The summed E-state index contributed by atoms with van der Waals surface area (Å²) >= 11 is 0. The van der Waals surface area contributed by atoms with Crippen molar-refractivity contribution in [3.05, 3.63) is 66.6 Å². The van der Waals surface area contributed by atoms with Crippen LogP contribution < -0.4 is 10.6 Å². The summed E-state index contributed by atoms with van der Waals surface area (Å²) in [6.07, 6.45) is 0. The summed E-state index contributed by atoms with van der Waals surface area (Å²) in [6, 6.07) is 18.8. The Hall–Kier alpha value is -3.34. The molecule has 3 aromatic carbocycles. The molecule has 0 aliphatic rings. The third-order valence-electron chi connectivity index (χ3n) is 3.79. The largest absolute Gasteiger partial charge is 0.441 e. The lowest BCUT2D eigenvalue weighted by Gasteiger charge is -2.10. The summed E-state index contributed by atoms with van der Waals surface area (Å²) in [5, 5.41) is 7.79. The molecule has 0 atom stereocenters. The van der Waals surface area contributed by atoms with Crippen molar-refractivity contribution in [1.82, 2.24) is 4.98 Å². The first-order chi connectivity index (χ1) is 11.7. The molecule has 4 rings (SSSR count). The first-order valence-electron chi connectivity index (χ1n) is 7.62. The average molecular weight is 317 g/mol. The van der Waals surface area contributed by atoms with Gasteiger partial charge in [0.25, 0.3) is 0 Å². The Kier molecular flexibility index (Phi) is 3.39. The normalized spacial score (nSPS) is 10.9. The second-order valence-electron chi connectivity index (χ2n) is 5.52. The van der Waals surface area contributed by atoms with Crippen LogP contribution in [0.15, 0.2) is 65.1 Å². The maximum atomic E-state index is 12.3. The molecule has 1 aromatic heterocycles. The molecule has 4 aromatic rings. The van der Waals surface area contributed by atoms with Crippen LogP contribution in [0.5, 0.6) is 0 Å². The van der Waals surface area contributed by atoms with Gasteiger partial charge in [0, 0.05) is 18.0 Å². The van der Waals surface area contributed by atoms with Crippen LogP contribution in [0.1, 0.15) is 5.89 Å². The van der Waals surface area contributed by atoms with Gasteiger partial charge in [0.1, 0.15) is 5.52 Å². The molecule has 0 aliphatic heterocycles. The van der Waals surface area contributed by atoms with E-state index in [9.17, 15) is 4.79 Å². The first kappa shape index (κ1) is 14.3. The highest BCUT2D eigenvalue weighted by atomic mass is 16.3.